The second-order valence-corrected chi connectivity index (χ2v) is 4.92. The Morgan fingerprint density at radius 2 is 1.89 bits per heavy atom. The molecule has 0 radical (unpaired) electrons. The van der Waals surface area contributed by atoms with E-state index in [1.807, 2.05) is 32.0 Å². The number of carbonyl (C=O) groups is 1. The summed E-state index contributed by atoms with van der Waals surface area (Å²) in [5.41, 5.74) is 9.55. The predicted molar refractivity (Wildman–Crippen MR) is 79.7 cm³/mol. The van der Waals surface area contributed by atoms with E-state index >= 15 is 0 Å². The molecular weight excluding hydrogens is 260 g/mol. The molecule has 0 atom stereocenters. The summed E-state index contributed by atoms with van der Waals surface area (Å²) < 4.78 is 0. The number of hydrogen-bond acceptors (Lipinski definition) is 2. The zero-order valence-corrected chi connectivity index (χ0v) is 11.6. The molecule has 0 bridgehead atoms. The second kappa shape index (κ2) is 5.33. The number of nitrogens with one attached hydrogen (secondary N) is 1. The van der Waals surface area contributed by atoms with E-state index in [1.165, 1.54) is 0 Å². The number of carbonyl (C=O) groups excluding carboxylic acids is 1. The van der Waals surface area contributed by atoms with Crippen molar-refractivity contribution in [2.24, 2.45) is 0 Å². The summed E-state index contributed by atoms with van der Waals surface area (Å²) in [4.78, 5) is 12.1. The van der Waals surface area contributed by atoms with Gasteiger partial charge in [-0.1, -0.05) is 23.7 Å². The van der Waals surface area contributed by atoms with Crippen molar-refractivity contribution in [1.29, 1.82) is 0 Å². The minimum atomic E-state index is -0.242. The molecule has 3 N–H and O–H groups in total. The number of halogens is 1. The predicted octanol–water partition coefficient (Wildman–Crippen LogP) is 3.79. The highest BCUT2D eigenvalue weighted by molar-refractivity contribution is 6.34. The van der Waals surface area contributed by atoms with Crippen LogP contribution in [-0.2, 0) is 0 Å². The summed E-state index contributed by atoms with van der Waals surface area (Å²) in [7, 11) is 0. The lowest BCUT2D eigenvalue weighted by Crippen LogP contribution is -2.12. The average Bonchev–Trinajstić information content (AvgIpc) is 2.33. The molecule has 2 aromatic carbocycles. The third-order valence-corrected chi connectivity index (χ3v) is 3.22. The highest BCUT2D eigenvalue weighted by atomic mass is 35.5. The minimum Gasteiger partial charge on any atom is -0.398 e. The fourth-order valence-corrected chi connectivity index (χ4v) is 2.04. The first kappa shape index (κ1) is 13.4. The molecule has 0 aliphatic rings. The van der Waals surface area contributed by atoms with Gasteiger partial charge in [0.2, 0.25) is 0 Å². The van der Waals surface area contributed by atoms with Crippen LogP contribution in [0.2, 0.25) is 5.02 Å². The van der Waals surface area contributed by atoms with Crippen molar-refractivity contribution >= 4 is 28.9 Å². The van der Waals surface area contributed by atoms with Crippen LogP contribution < -0.4 is 11.1 Å². The van der Waals surface area contributed by atoms with Crippen molar-refractivity contribution < 1.29 is 4.79 Å². The normalized spacial score (nSPS) is 10.3. The summed E-state index contributed by atoms with van der Waals surface area (Å²) in [6.07, 6.45) is 0. The van der Waals surface area contributed by atoms with Gasteiger partial charge in [-0.05, 0) is 49.2 Å². The molecule has 0 aliphatic carbocycles. The summed E-state index contributed by atoms with van der Waals surface area (Å²) in [5.74, 6) is -0.242. The maximum atomic E-state index is 12.1. The van der Waals surface area contributed by atoms with Crippen LogP contribution >= 0.6 is 11.6 Å². The van der Waals surface area contributed by atoms with Gasteiger partial charge in [-0.3, -0.25) is 4.79 Å². The van der Waals surface area contributed by atoms with Crippen LogP contribution in [0.5, 0.6) is 0 Å². The number of hydrogen-bond donors (Lipinski definition) is 2. The summed E-state index contributed by atoms with van der Waals surface area (Å²) >= 11 is 6.06. The van der Waals surface area contributed by atoms with Gasteiger partial charge in [0, 0.05) is 11.4 Å². The smallest absolute Gasteiger partial charge is 0.257 e. The third kappa shape index (κ3) is 3.06. The van der Waals surface area contributed by atoms with E-state index < -0.39 is 0 Å². The van der Waals surface area contributed by atoms with Gasteiger partial charge >= 0.3 is 0 Å². The molecule has 0 aromatic heterocycles. The summed E-state index contributed by atoms with van der Waals surface area (Å²) in [6, 6.07) is 10.7. The number of nitrogens with two attached hydrogens (primary N) is 1. The van der Waals surface area contributed by atoms with Crippen molar-refractivity contribution in [3.8, 4) is 0 Å². The number of aryl methyl sites for hydroxylation is 2. The van der Waals surface area contributed by atoms with Crippen LogP contribution in [0, 0.1) is 13.8 Å². The molecule has 0 fully saturated rings. The van der Waals surface area contributed by atoms with Crippen molar-refractivity contribution in [2.75, 3.05) is 11.1 Å². The van der Waals surface area contributed by atoms with Crippen molar-refractivity contribution in [3.63, 3.8) is 0 Å². The number of benzene rings is 2. The van der Waals surface area contributed by atoms with Gasteiger partial charge in [0.1, 0.15) is 0 Å². The van der Waals surface area contributed by atoms with Crippen LogP contribution in [-0.4, -0.2) is 5.91 Å². The van der Waals surface area contributed by atoms with Crippen molar-refractivity contribution in [3.05, 3.63) is 58.1 Å². The second-order valence-electron chi connectivity index (χ2n) is 4.51. The maximum Gasteiger partial charge on any atom is 0.257 e. The molecule has 2 aromatic rings. The molecule has 3 nitrogen and oxygen atoms in total. The quantitative estimate of drug-likeness (QED) is 0.819. The van der Waals surface area contributed by atoms with E-state index in [-0.39, 0.29) is 5.91 Å². The molecule has 98 valence electrons. The van der Waals surface area contributed by atoms with Crippen molar-refractivity contribution in [1.82, 2.24) is 0 Å². The van der Waals surface area contributed by atoms with Crippen LogP contribution in [0.4, 0.5) is 11.4 Å². The molecule has 0 heterocycles. The minimum absolute atomic E-state index is 0.242. The Balaban J connectivity index is 2.23. The fraction of sp³-hybridized carbons (Fsp3) is 0.133. The molecule has 0 aliphatic heterocycles. The Kier molecular flexibility index (Phi) is 3.76. The first-order valence-electron chi connectivity index (χ1n) is 5.91. The number of amides is 1. The van der Waals surface area contributed by atoms with Crippen LogP contribution in [0.1, 0.15) is 21.5 Å². The zero-order chi connectivity index (χ0) is 14.0. The number of nitrogen functional groups attached to an aromatic ring is 1. The molecule has 1 amide bonds. The molecule has 4 heteroatoms. The van der Waals surface area contributed by atoms with Gasteiger partial charge in [-0.2, -0.15) is 0 Å². The third-order valence-electron chi connectivity index (χ3n) is 2.91. The van der Waals surface area contributed by atoms with E-state index in [4.69, 9.17) is 17.3 Å². The molecule has 2 rings (SSSR count). The molecule has 0 spiro atoms. The Morgan fingerprint density at radius 1 is 1.16 bits per heavy atom. The SMILES string of the molecule is Cc1ccc(C(=O)Nc2ccc(C)c(N)c2)c(Cl)c1. The summed E-state index contributed by atoms with van der Waals surface area (Å²) in [6.45, 7) is 3.84. The van der Waals surface area contributed by atoms with Crippen LogP contribution in [0.25, 0.3) is 0 Å². The first-order chi connectivity index (χ1) is 8.97. The van der Waals surface area contributed by atoms with Gasteiger partial charge in [0.15, 0.2) is 0 Å². The molecule has 0 saturated carbocycles. The van der Waals surface area contributed by atoms with E-state index in [1.54, 1.807) is 18.2 Å². The Morgan fingerprint density at radius 3 is 2.53 bits per heavy atom. The van der Waals surface area contributed by atoms with Gasteiger partial charge in [-0.25, -0.2) is 0 Å². The first-order valence-corrected chi connectivity index (χ1v) is 6.29. The van der Waals surface area contributed by atoms with Crippen LogP contribution in [0.3, 0.4) is 0 Å². The summed E-state index contributed by atoms with van der Waals surface area (Å²) in [5, 5.41) is 3.23. The Hall–Kier alpha value is -2.00. The average molecular weight is 275 g/mol. The fourth-order valence-electron chi connectivity index (χ4n) is 1.72. The largest absolute Gasteiger partial charge is 0.398 e. The Labute approximate surface area is 117 Å². The lowest BCUT2D eigenvalue weighted by molar-refractivity contribution is 0.102. The Bertz CT molecular complexity index is 638. The number of anilines is 2. The van der Waals surface area contributed by atoms with E-state index in [0.717, 1.165) is 11.1 Å². The standard InChI is InChI=1S/C15H15ClN2O/c1-9-3-6-12(13(16)7-9)15(19)18-11-5-4-10(2)14(17)8-11/h3-8H,17H2,1-2H3,(H,18,19). The monoisotopic (exact) mass is 274 g/mol. The van der Waals surface area contributed by atoms with Gasteiger partial charge in [0.25, 0.3) is 5.91 Å². The molecule has 0 unspecified atom stereocenters. The maximum absolute atomic E-state index is 12.1. The highest BCUT2D eigenvalue weighted by Gasteiger charge is 2.10. The van der Waals surface area contributed by atoms with E-state index in [9.17, 15) is 4.79 Å². The van der Waals surface area contributed by atoms with Gasteiger partial charge < -0.3 is 11.1 Å². The zero-order valence-electron chi connectivity index (χ0n) is 10.8. The lowest BCUT2D eigenvalue weighted by atomic mass is 10.1. The van der Waals surface area contributed by atoms with E-state index in [2.05, 4.69) is 5.32 Å². The van der Waals surface area contributed by atoms with Gasteiger partial charge in [-0.15, -0.1) is 0 Å². The van der Waals surface area contributed by atoms with Crippen molar-refractivity contribution in [2.45, 2.75) is 13.8 Å². The topological polar surface area (TPSA) is 55.1 Å². The number of rotatable bonds is 2. The highest BCUT2D eigenvalue weighted by Crippen LogP contribution is 2.21. The van der Waals surface area contributed by atoms with Crippen LogP contribution in [0.15, 0.2) is 36.4 Å². The molecule has 0 saturated heterocycles. The van der Waals surface area contributed by atoms with E-state index in [0.29, 0.717) is 22.0 Å². The van der Waals surface area contributed by atoms with Gasteiger partial charge in [0.05, 0.1) is 10.6 Å². The molecule has 19 heavy (non-hydrogen) atoms. The lowest BCUT2D eigenvalue weighted by Gasteiger charge is -2.09. The molecular formula is C15H15ClN2O.